The van der Waals surface area contributed by atoms with Gasteiger partial charge in [-0.2, -0.15) is 4.39 Å². The van der Waals surface area contributed by atoms with Gasteiger partial charge < -0.3 is 9.47 Å². The van der Waals surface area contributed by atoms with E-state index in [2.05, 4.69) is 6.92 Å². The van der Waals surface area contributed by atoms with E-state index in [1.807, 2.05) is 6.92 Å². The van der Waals surface area contributed by atoms with Gasteiger partial charge in [-0.1, -0.05) is 57.4 Å². The molecule has 0 aromatic heterocycles. The van der Waals surface area contributed by atoms with E-state index in [-0.39, 0.29) is 29.4 Å². The molecule has 0 atom stereocenters. The maximum atomic E-state index is 14.8. The fraction of sp³-hybridized carbons (Fsp3) is 0.400. The number of rotatable bonds is 9. The van der Waals surface area contributed by atoms with Gasteiger partial charge in [-0.05, 0) is 66.5 Å². The number of hydrogen-bond donors (Lipinski definition) is 0. The Morgan fingerprint density at radius 1 is 0.750 bits per heavy atom. The van der Waals surface area contributed by atoms with Crippen molar-refractivity contribution >= 4 is 0 Å². The smallest absolute Gasteiger partial charge is 0.201 e. The monoisotopic (exact) mass is 500 g/mol. The van der Waals surface area contributed by atoms with E-state index in [9.17, 15) is 17.6 Å². The van der Waals surface area contributed by atoms with Crippen LogP contribution in [0.15, 0.2) is 48.5 Å². The summed E-state index contributed by atoms with van der Waals surface area (Å²) in [4.78, 5) is 0. The topological polar surface area (TPSA) is 18.5 Å². The van der Waals surface area contributed by atoms with Gasteiger partial charge in [-0.25, -0.2) is 13.2 Å². The lowest BCUT2D eigenvalue weighted by molar-refractivity contribution is 0.289. The third-order valence-corrected chi connectivity index (χ3v) is 7.01. The van der Waals surface area contributed by atoms with Gasteiger partial charge >= 0.3 is 0 Å². The van der Waals surface area contributed by atoms with Crippen molar-refractivity contribution in [1.82, 2.24) is 0 Å². The average Bonchev–Trinajstić information content (AvgIpc) is 2.89. The molecule has 1 saturated carbocycles. The van der Waals surface area contributed by atoms with Crippen molar-refractivity contribution in [2.24, 2.45) is 5.92 Å². The highest BCUT2D eigenvalue weighted by atomic mass is 19.2. The Morgan fingerprint density at radius 2 is 1.47 bits per heavy atom. The Morgan fingerprint density at radius 3 is 2.17 bits per heavy atom. The number of halogens is 4. The van der Waals surface area contributed by atoms with Crippen LogP contribution in [-0.2, 0) is 6.61 Å². The fourth-order valence-corrected chi connectivity index (χ4v) is 4.69. The van der Waals surface area contributed by atoms with Crippen LogP contribution in [0.3, 0.4) is 0 Å². The normalized spacial score (nSPS) is 17.7. The first-order valence-corrected chi connectivity index (χ1v) is 12.7. The fourth-order valence-electron chi connectivity index (χ4n) is 4.69. The molecular weight excluding hydrogens is 468 g/mol. The molecule has 6 heteroatoms. The van der Waals surface area contributed by atoms with Crippen molar-refractivity contribution in [3.63, 3.8) is 0 Å². The summed E-state index contributed by atoms with van der Waals surface area (Å²) < 4.78 is 69.5. The second-order valence-corrected chi connectivity index (χ2v) is 9.65. The van der Waals surface area contributed by atoms with Gasteiger partial charge in [0.15, 0.2) is 23.2 Å². The standard InChI is InChI=1S/C30H32F4O2/c1-3-4-17-35-26-16-15-25(29(33)30(26)34)21-9-12-23(13-10-21)36-18-22-11-14-24(28(32)27(22)31)20-7-5-19(2)6-8-20/h9-16,19-20H,3-8,17-18H2,1-2H3. The van der Waals surface area contributed by atoms with Crippen LogP contribution in [0, 0.1) is 29.2 Å². The molecule has 0 N–H and O–H groups in total. The van der Waals surface area contributed by atoms with Crippen LogP contribution in [-0.4, -0.2) is 6.61 Å². The molecule has 0 aliphatic heterocycles. The molecule has 0 amide bonds. The van der Waals surface area contributed by atoms with Crippen LogP contribution in [0.4, 0.5) is 17.6 Å². The van der Waals surface area contributed by atoms with Gasteiger partial charge in [0.05, 0.1) is 6.61 Å². The number of ether oxygens (including phenoxy) is 2. The van der Waals surface area contributed by atoms with Crippen molar-refractivity contribution in [3.05, 3.63) is 82.9 Å². The van der Waals surface area contributed by atoms with Gasteiger partial charge in [0.1, 0.15) is 12.4 Å². The highest BCUT2D eigenvalue weighted by molar-refractivity contribution is 5.66. The molecule has 4 rings (SSSR count). The zero-order valence-corrected chi connectivity index (χ0v) is 20.8. The molecule has 1 aliphatic carbocycles. The molecule has 192 valence electrons. The zero-order chi connectivity index (χ0) is 25.7. The first-order valence-electron chi connectivity index (χ1n) is 12.7. The highest BCUT2D eigenvalue weighted by Crippen LogP contribution is 2.37. The van der Waals surface area contributed by atoms with E-state index in [0.29, 0.717) is 29.4 Å². The first kappa shape index (κ1) is 26.1. The molecule has 0 saturated heterocycles. The van der Waals surface area contributed by atoms with E-state index in [1.54, 1.807) is 36.4 Å². The van der Waals surface area contributed by atoms with Gasteiger partial charge in [-0.15, -0.1) is 0 Å². The number of unbranched alkanes of at least 4 members (excludes halogenated alkanes) is 1. The second-order valence-electron chi connectivity index (χ2n) is 9.65. The summed E-state index contributed by atoms with van der Waals surface area (Å²) in [5.41, 5.74) is 1.14. The maximum Gasteiger partial charge on any atom is 0.201 e. The minimum Gasteiger partial charge on any atom is -0.490 e. The Labute approximate surface area is 210 Å². The Balaban J connectivity index is 1.41. The molecule has 0 bridgehead atoms. The summed E-state index contributed by atoms with van der Waals surface area (Å²) in [5.74, 6) is -2.68. The second kappa shape index (κ2) is 11.8. The van der Waals surface area contributed by atoms with Gasteiger partial charge in [0.25, 0.3) is 0 Å². The van der Waals surface area contributed by atoms with E-state index < -0.39 is 23.3 Å². The van der Waals surface area contributed by atoms with Crippen LogP contribution >= 0.6 is 0 Å². The van der Waals surface area contributed by atoms with Crippen molar-refractivity contribution in [2.75, 3.05) is 6.61 Å². The lowest BCUT2D eigenvalue weighted by Gasteiger charge is -2.27. The maximum absolute atomic E-state index is 14.8. The molecule has 0 radical (unpaired) electrons. The minimum atomic E-state index is -1.02. The quantitative estimate of drug-likeness (QED) is 0.216. The van der Waals surface area contributed by atoms with Crippen LogP contribution in [0.25, 0.3) is 11.1 Å². The van der Waals surface area contributed by atoms with Gasteiger partial charge in [0.2, 0.25) is 5.82 Å². The van der Waals surface area contributed by atoms with Crippen LogP contribution in [0.1, 0.15) is 69.4 Å². The lowest BCUT2D eigenvalue weighted by atomic mass is 9.79. The van der Waals surface area contributed by atoms with Crippen molar-refractivity contribution in [3.8, 4) is 22.6 Å². The summed E-state index contributed by atoms with van der Waals surface area (Å²) in [5, 5.41) is 0. The van der Waals surface area contributed by atoms with Crippen LogP contribution in [0.2, 0.25) is 0 Å². The SMILES string of the molecule is CCCCOc1ccc(-c2ccc(OCc3ccc(C4CCC(C)CC4)c(F)c3F)cc2)c(F)c1F. The summed E-state index contributed by atoms with van der Waals surface area (Å²) in [7, 11) is 0. The molecule has 1 aliphatic rings. The third-order valence-electron chi connectivity index (χ3n) is 7.01. The first-order chi connectivity index (χ1) is 17.4. The summed E-state index contributed by atoms with van der Waals surface area (Å²) in [6, 6.07) is 12.5. The molecule has 3 aromatic carbocycles. The Bertz CT molecular complexity index is 1170. The zero-order valence-electron chi connectivity index (χ0n) is 20.8. The predicted molar refractivity (Wildman–Crippen MR) is 133 cm³/mol. The molecule has 3 aromatic rings. The van der Waals surface area contributed by atoms with E-state index in [1.165, 1.54) is 12.1 Å². The molecular formula is C30H32F4O2. The minimum absolute atomic E-state index is 0.0559. The molecule has 0 heterocycles. The molecule has 0 unspecified atom stereocenters. The Kier molecular flexibility index (Phi) is 8.55. The number of hydrogen-bond acceptors (Lipinski definition) is 2. The third kappa shape index (κ3) is 5.85. The van der Waals surface area contributed by atoms with E-state index in [4.69, 9.17) is 9.47 Å². The largest absolute Gasteiger partial charge is 0.490 e. The summed E-state index contributed by atoms with van der Waals surface area (Å²) in [6.07, 6.45) is 5.45. The molecule has 36 heavy (non-hydrogen) atoms. The van der Waals surface area contributed by atoms with Crippen molar-refractivity contribution < 1.29 is 27.0 Å². The summed E-state index contributed by atoms with van der Waals surface area (Å²) >= 11 is 0. The lowest BCUT2D eigenvalue weighted by Crippen LogP contribution is -2.13. The van der Waals surface area contributed by atoms with E-state index in [0.717, 1.165) is 38.5 Å². The van der Waals surface area contributed by atoms with Crippen LogP contribution in [0.5, 0.6) is 11.5 Å². The van der Waals surface area contributed by atoms with E-state index >= 15 is 0 Å². The number of benzene rings is 3. The molecule has 1 fully saturated rings. The Hall–Kier alpha value is -3.02. The summed E-state index contributed by atoms with van der Waals surface area (Å²) in [6.45, 7) is 4.36. The van der Waals surface area contributed by atoms with Crippen molar-refractivity contribution in [1.29, 1.82) is 0 Å². The molecule has 2 nitrogen and oxygen atoms in total. The average molecular weight is 501 g/mol. The van der Waals surface area contributed by atoms with Crippen molar-refractivity contribution in [2.45, 2.75) is 64.9 Å². The van der Waals surface area contributed by atoms with Gasteiger partial charge in [0, 0.05) is 11.1 Å². The van der Waals surface area contributed by atoms with Gasteiger partial charge in [-0.3, -0.25) is 0 Å². The van der Waals surface area contributed by atoms with Crippen LogP contribution < -0.4 is 9.47 Å². The predicted octanol–water partition coefficient (Wildman–Crippen LogP) is 8.96. The molecule has 0 spiro atoms. The highest BCUT2D eigenvalue weighted by Gasteiger charge is 2.25.